The number of tetrazole rings is 1. The van der Waals surface area contributed by atoms with Crippen molar-refractivity contribution in [2.45, 2.75) is 25.1 Å². The van der Waals surface area contributed by atoms with E-state index in [2.05, 4.69) is 15.4 Å². The lowest BCUT2D eigenvalue weighted by Gasteiger charge is -2.16. The average Bonchev–Trinajstić information content (AvgIpc) is 2.33. The Kier molecular flexibility index (Phi) is 3.27. The van der Waals surface area contributed by atoms with Crippen LogP contribution in [0, 0.1) is 0 Å². The van der Waals surface area contributed by atoms with Crippen molar-refractivity contribution in [3.8, 4) is 0 Å². The Bertz CT molecular complexity index is 264. The van der Waals surface area contributed by atoms with Gasteiger partial charge in [-0.15, -0.1) is 10.2 Å². The molecule has 0 atom stereocenters. The molecule has 1 heterocycles. The standard InChI is InChI=1S/C7H15N5S/c1-7(2,8)5-13-4-6-9-11-12(3)10-6/h4-5,8H2,1-3H3. The van der Waals surface area contributed by atoms with E-state index in [9.17, 15) is 0 Å². The Labute approximate surface area is 82.1 Å². The second-order valence-corrected chi connectivity index (χ2v) is 4.66. The molecule has 0 aromatic carbocycles. The molecule has 0 spiro atoms. The maximum atomic E-state index is 5.82. The molecule has 0 unspecified atom stereocenters. The summed E-state index contributed by atoms with van der Waals surface area (Å²) in [5.41, 5.74) is 5.69. The lowest BCUT2D eigenvalue weighted by molar-refractivity contribution is 0.591. The van der Waals surface area contributed by atoms with Gasteiger partial charge in [0.05, 0.1) is 12.8 Å². The number of thioether (sulfide) groups is 1. The number of hydrogen-bond donors (Lipinski definition) is 1. The van der Waals surface area contributed by atoms with E-state index in [4.69, 9.17) is 5.73 Å². The van der Waals surface area contributed by atoms with Gasteiger partial charge in [0.2, 0.25) is 0 Å². The first-order valence-corrected chi connectivity index (χ1v) is 5.22. The molecule has 13 heavy (non-hydrogen) atoms. The van der Waals surface area contributed by atoms with Gasteiger partial charge >= 0.3 is 0 Å². The molecule has 1 rings (SSSR count). The molecular weight excluding hydrogens is 186 g/mol. The van der Waals surface area contributed by atoms with Crippen LogP contribution in [0.5, 0.6) is 0 Å². The van der Waals surface area contributed by atoms with Gasteiger partial charge in [-0.1, -0.05) is 0 Å². The largest absolute Gasteiger partial charge is 0.325 e. The maximum Gasteiger partial charge on any atom is 0.184 e. The van der Waals surface area contributed by atoms with Crippen molar-refractivity contribution in [3.63, 3.8) is 0 Å². The minimum absolute atomic E-state index is 0.132. The summed E-state index contributed by atoms with van der Waals surface area (Å²) in [4.78, 5) is 1.46. The summed E-state index contributed by atoms with van der Waals surface area (Å²) in [7, 11) is 1.76. The molecule has 1 aromatic rings. The van der Waals surface area contributed by atoms with Gasteiger partial charge in [0.15, 0.2) is 5.82 Å². The normalized spacial score (nSPS) is 12.0. The number of nitrogens with zero attached hydrogens (tertiary/aromatic N) is 4. The summed E-state index contributed by atoms with van der Waals surface area (Å²) in [6.45, 7) is 4.01. The number of nitrogens with two attached hydrogens (primary N) is 1. The molecular formula is C7H15N5S. The first-order valence-electron chi connectivity index (χ1n) is 4.07. The van der Waals surface area contributed by atoms with Gasteiger partial charge in [-0.2, -0.15) is 16.6 Å². The van der Waals surface area contributed by atoms with Crippen molar-refractivity contribution in [2.24, 2.45) is 12.8 Å². The number of aryl methyl sites for hydroxylation is 1. The summed E-state index contributed by atoms with van der Waals surface area (Å²) in [6.07, 6.45) is 0. The van der Waals surface area contributed by atoms with E-state index in [-0.39, 0.29) is 5.54 Å². The van der Waals surface area contributed by atoms with E-state index in [1.807, 2.05) is 13.8 Å². The highest BCUT2D eigenvalue weighted by Gasteiger charge is 2.11. The fourth-order valence-electron chi connectivity index (χ4n) is 0.787. The molecule has 1 aromatic heterocycles. The van der Waals surface area contributed by atoms with Crippen molar-refractivity contribution in [1.29, 1.82) is 0 Å². The van der Waals surface area contributed by atoms with E-state index in [1.54, 1.807) is 18.8 Å². The van der Waals surface area contributed by atoms with Crippen molar-refractivity contribution in [3.05, 3.63) is 5.82 Å². The van der Waals surface area contributed by atoms with Crippen molar-refractivity contribution < 1.29 is 0 Å². The predicted molar refractivity (Wildman–Crippen MR) is 53.2 cm³/mol. The fraction of sp³-hybridized carbons (Fsp3) is 0.857. The molecule has 0 aliphatic rings. The first kappa shape index (κ1) is 10.5. The van der Waals surface area contributed by atoms with Crippen LogP contribution < -0.4 is 5.73 Å². The van der Waals surface area contributed by atoms with Gasteiger partial charge in [0.1, 0.15) is 0 Å². The zero-order chi connectivity index (χ0) is 9.90. The molecule has 6 heteroatoms. The summed E-state index contributed by atoms with van der Waals surface area (Å²) in [5, 5.41) is 11.7. The third kappa shape index (κ3) is 4.23. The van der Waals surface area contributed by atoms with E-state index in [1.165, 1.54) is 4.80 Å². The molecule has 0 saturated heterocycles. The fourth-order valence-corrected chi connectivity index (χ4v) is 1.71. The zero-order valence-electron chi connectivity index (χ0n) is 8.19. The summed E-state index contributed by atoms with van der Waals surface area (Å²) < 4.78 is 0. The zero-order valence-corrected chi connectivity index (χ0v) is 9.01. The van der Waals surface area contributed by atoms with Gasteiger partial charge in [-0.3, -0.25) is 0 Å². The van der Waals surface area contributed by atoms with Gasteiger partial charge in [0, 0.05) is 11.3 Å². The van der Waals surface area contributed by atoms with Crippen LogP contribution >= 0.6 is 11.8 Å². The summed E-state index contributed by atoms with van der Waals surface area (Å²) in [5.74, 6) is 2.43. The predicted octanol–water partition coefficient (Wildman–Crippen LogP) is 0.181. The van der Waals surface area contributed by atoms with Gasteiger partial charge in [-0.05, 0) is 19.1 Å². The quantitative estimate of drug-likeness (QED) is 0.752. The topological polar surface area (TPSA) is 69.6 Å². The van der Waals surface area contributed by atoms with Crippen molar-refractivity contribution >= 4 is 11.8 Å². The molecule has 0 amide bonds. The SMILES string of the molecule is Cn1nnc(CSCC(C)(C)N)n1. The van der Waals surface area contributed by atoms with Gasteiger partial charge in [0.25, 0.3) is 0 Å². The number of aromatic nitrogens is 4. The number of hydrogen-bond acceptors (Lipinski definition) is 5. The van der Waals surface area contributed by atoms with Crippen molar-refractivity contribution in [1.82, 2.24) is 20.2 Å². The number of rotatable bonds is 4. The molecule has 2 N–H and O–H groups in total. The lowest BCUT2D eigenvalue weighted by Crippen LogP contribution is -2.34. The molecule has 5 nitrogen and oxygen atoms in total. The van der Waals surface area contributed by atoms with Crippen LogP contribution in [0.25, 0.3) is 0 Å². The van der Waals surface area contributed by atoms with E-state index in [0.29, 0.717) is 0 Å². The Morgan fingerprint density at radius 3 is 2.69 bits per heavy atom. The Morgan fingerprint density at radius 1 is 1.54 bits per heavy atom. The maximum absolute atomic E-state index is 5.82. The Hall–Kier alpha value is -0.620. The lowest BCUT2D eigenvalue weighted by atomic mass is 10.1. The molecule has 0 saturated carbocycles. The Morgan fingerprint density at radius 2 is 2.23 bits per heavy atom. The minimum Gasteiger partial charge on any atom is -0.325 e. The molecule has 74 valence electrons. The molecule has 0 bridgehead atoms. The highest BCUT2D eigenvalue weighted by molar-refractivity contribution is 7.98. The monoisotopic (exact) mass is 201 g/mol. The van der Waals surface area contributed by atoms with Gasteiger partial charge in [-0.25, -0.2) is 0 Å². The Balaban J connectivity index is 2.28. The second-order valence-electron chi connectivity index (χ2n) is 3.68. The van der Waals surface area contributed by atoms with Crippen LogP contribution in [0.3, 0.4) is 0 Å². The minimum atomic E-state index is -0.132. The van der Waals surface area contributed by atoms with E-state index < -0.39 is 0 Å². The molecule has 0 aliphatic heterocycles. The highest BCUT2D eigenvalue weighted by atomic mass is 32.2. The molecule has 0 aliphatic carbocycles. The van der Waals surface area contributed by atoms with Crippen LogP contribution in [-0.4, -0.2) is 31.5 Å². The third-order valence-corrected chi connectivity index (χ3v) is 2.67. The smallest absolute Gasteiger partial charge is 0.184 e. The van der Waals surface area contributed by atoms with Crippen molar-refractivity contribution in [2.75, 3.05) is 5.75 Å². The second kappa shape index (κ2) is 4.06. The first-order chi connectivity index (χ1) is 5.97. The van der Waals surface area contributed by atoms with E-state index in [0.717, 1.165) is 17.3 Å². The highest BCUT2D eigenvalue weighted by Crippen LogP contribution is 2.13. The van der Waals surface area contributed by atoms with Crippen LogP contribution in [0.2, 0.25) is 0 Å². The van der Waals surface area contributed by atoms with Crippen LogP contribution in [0.15, 0.2) is 0 Å². The van der Waals surface area contributed by atoms with Gasteiger partial charge < -0.3 is 5.73 Å². The van der Waals surface area contributed by atoms with Crippen LogP contribution in [0.1, 0.15) is 19.7 Å². The third-order valence-electron chi connectivity index (χ3n) is 1.25. The van der Waals surface area contributed by atoms with Crippen LogP contribution in [0.4, 0.5) is 0 Å². The summed E-state index contributed by atoms with van der Waals surface area (Å²) >= 11 is 1.72. The van der Waals surface area contributed by atoms with Crippen LogP contribution in [-0.2, 0) is 12.8 Å². The average molecular weight is 201 g/mol. The van der Waals surface area contributed by atoms with E-state index >= 15 is 0 Å². The molecule has 0 fully saturated rings. The molecule has 0 radical (unpaired) electrons. The summed E-state index contributed by atoms with van der Waals surface area (Å²) in [6, 6.07) is 0.